The van der Waals surface area contributed by atoms with E-state index in [4.69, 9.17) is 4.74 Å². The van der Waals surface area contributed by atoms with Crippen molar-refractivity contribution in [3.8, 4) is 11.1 Å². The van der Waals surface area contributed by atoms with Gasteiger partial charge < -0.3 is 4.74 Å². The second-order valence-corrected chi connectivity index (χ2v) is 10.6. The van der Waals surface area contributed by atoms with Gasteiger partial charge in [0.05, 0.1) is 18.0 Å². The topological polar surface area (TPSA) is 42.4 Å². The molecule has 0 saturated carbocycles. The van der Waals surface area contributed by atoms with Gasteiger partial charge in [-0.05, 0) is 60.0 Å². The van der Waals surface area contributed by atoms with E-state index in [1.54, 1.807) is 0 Å². The fraction of sp³-hybridized carbons (Fsp3) is 0.333. The van der Waals surface area contributed by atoms with Gasteiger partial charge in [0.1, 0.15) is 6.10 Å². The van der Waals surface area contributed by atoms with Crippen molar-refractivity contribution < 1.29 is 9.53 Å². The first kappa shape index (κ1) is 23.9. The zero-order valence-corrected chi connectivity index (χ0v) is 21.4. The molecule has 4 heterocycles. The first-order chi connectivity index (χ1) is 18.2. The molecule has 5 atom stereocenters. The van der Waals surface area contributed by atoms with Crippen molar-refractivity contribution in [3.05, 3.63) is 102 Å². The van der Waals surface area contributed by atoms with Gasteiger partial charge in [-0.3, -0.25) is 14.7 Å². The Labute approximate surface area is 219 Å². The maximum atomic E-state index is 13.4. The highest BCUT2D eigenvalue weighted by molar-refractivity contribution is 5.83. The highest BCUT2D eigenvalue weighted by Gasteiger charge is 2.44. The molecular formula is C33H34N2O2. The second kappa shape index (κ2) is 10.5. The van der Waals surface area contributed by atoms with Crippen LogP contribution in [0.4, 0.5) is 0 Å². The molecule has 5 unspecified atom stereocenters. The van der Waals surface area contributed by atoms with E-state index in [-0.39, 0.29) is 24.5 Å². The third-order valence-electron chi connectivity index (χ3n) is 8.47. The number of piperidine rings is 3. The molecule has 0 aliphatic carbocycles. The largest absolute Gasteiger partial charge is 0.456 e. The number of rotatable bonds is 7. The molecule has 3 fully saturated rings. The van der Waals surface area contributed by atoms with E-state index in [9.17, 15) is 4.79 Å². The van der Waals surface area contributed by atoms with Crippen LogP contribution in [0.15, 0.2) is 91.1 Å². The third kappa shape index (κ3) is 4.91. The van der Waals surface area contributed by atoms with Crippen LogP contribution in [0, 0.1) is 11.8 Å². The number of nitrogens with zero attached hydrogens (tertiary/aromatic N) is 2. The summed E-state index contributed by atoms with van der Waals surface area (Å²) >= 11 is 0. The molecule has 37 heavy (non-hydrogen) atoms. The minimum atomic E-state index is -0.301. The van der Waals surface area contributed by atoms with Crippen molar-refractivity contribution in [3.63, 3.8) is 0 Å². The Balaban J connectivity index is 1.26. The van der Waals surface area contributed by atoms with Crippen LogP contribution >= 0.6 is 0 Å². The van der Waals surface area contributed by atoms with Gasteiger partial charge in [-0.2, -0.15) is 0 Å². The molecule has 0 radical (unpaired) electrons. The van der Waals surface area contributed by atoms with Crippen molar-refractivity contribution in [2.24, 2.45) is 11.8 Å². The number of para-hydroxylation sites is 1. The summed E-state index contributed by atoms with van der Waals surface area (Å²) in [5.74, 6) is 1.28. The maximum absolute atomic E-state index is 13.4. The van der Waals surface area contributed by atoms with Gasteiger partial charge >= 0.3 is 5.97 Å². The van der Waals surface area contributed by atoms with Crippen molar-refractivity contribution in [1.29, 1.82) is 0 Å². The monoisotopic (exact) mass is 490 g/mol. The van der Waals surface area contributed by atoms with Crippen LogP contribution in [0.1, 0.15) is 43.4 Å². The summed E-state index contributed by atoms with van der Waals surface area (Å²) in [6.45, 7) is 4.49. The lowest BCUT2D eigenvalue weighted by Gasteiger charge is -2.51. The fourth-order valence-electron chi connectivity index (χ4n) is 6.47. The molecule has 0 N–H and O–H groups in total. The quantitative estimate of drug-likeness (QED) is 0.266. The summed E-state index contributed by atoms with van der Waals surface area (Å²) in [5, 5.41) is 1.07. The normalized spacial score (nSPS) is 23.6. The predicted molar refractivity (Wildman–Crippen MR) is 148 cm³/mol. The Hall–Kier alpha value is -3.50. The maximum Gasteiger partial charge on any atom is 0.310 e. The SMILES string of the molecule is CCC1CN2CCC1CC2C(OC(=O)Cc1ccc(-c2ccccc2)cc1)c1ccnc2ccccc12. The molecule has 0 spiro atoms. The van der Waals surface area contributed by atoms with Crippen LogP contribution in [0.2, 0.25) is 0 Å². The molecule has 3 aliphatic heterocycles. The number of carbonyl (C=O) groups excluding carboxylic acids is 1. The molecule has 188 valence electrons. The molecule has 7 rings (SSSR count). The number of hydrogen-bond acceptors (Lipinski definition) is 4. The van der Waals surface area contributed by atoms with E-state index in [2.05, 4.69) is 53.2 Å². The van der Waals surface area contributed by atoms with Gasteiger partial charge in [-0.25, -0.2) is 0 Å². The third-order valence-corrected chi connectivity index (χ3v) is 8.47. The van der Waals surface area contributed by atoms with Crippen molar-refractivity contribution in [2.45, 2.75) is 44.8 Å². The summed E-state index contributed by atoms with van der Waals surface area (Å²) in [6.07, 6.45) is 5.37. The molecule has 0 amide bonds. The molecule has 2 bridgehead atoms. The Kier molecular flexibility index (Phi) is 6.75. The number of fused-ring (bicyclic) bond motifs is 4. The zero-order valence-electron chi connectivity index (χ0n) is 21.4. The Bertz CT molecular complexity index is 1360. The summed E-state index contributed by atoms with van der Waals surface area (Å²) in [4.78, 5) is 20.5. The number of ether oxygens (including phenoxy) is 1. The molecule has 4 nitrogen and oxygen atoms in total. The van der Waals surface area contributed by atoms with E-state index in [1.807, 2.05) is 54.7 Å². The lowest BCUT2D eigenvalue weighted by atomic mass is 9.72. The van der Waals surface area contributed by atoms with Crippen LogP contribution in [0.5, 0.6) is 0 Å². The van der Waals surface area contributed by atoms with Crippen LogP contribution in [-0.4, -0.2) is 35.0 Å². The van der Waals surface area contributed by atoms with E-state index >= 15 is 0 Å². The smallest absolute Gasteiger partial charge is 0.310 e. The molecule has 3 aliphatic rings. The number of benzene rings is 3. The highest BCUT2D eigenvalue weighted by Crippen LogP contribution is 2.44. The molecule has 4 aromatic rings. The Morgan fingerprint density at radius 2 is 1.73 bits per heavy atom. The predicted octanol–water partition coefficient (Wildman–Crippen LogP) is 6.85. The van der Waals surface area contributed by atoms with E-state index in [0.717, 1.165) is 53.0 Å². The first-order valence-electron chi connectivity index (χ1n) is 13.6. The number of pyridine rings is 1. The molecule has 3 saturated heterocycles. The van der Waals surface area contributed by atoms with Gasteiger partial charge in [0.2, 0.25) is 0 Å². The molecule has 3 aromatic carbocycles. The Morgan fingerprint density at radius 1 is 0.973 bits per heavy atom. The van der Waals surface area contributed by atoms with Crippen molar-refractivity contribution in [1.82, 2.24) is 9.88 Å². The Morgan fingerprint density at radius 3 is 2.49 bits per heavy atom. The summed E-state index contributed by atoms with van der Waals surface area (Å²) < 4.78 is 6.42. The summed E-state index contributed by atoms with van der Waals surface area (Å²) in [5.41, 5.74) is 5.31. The fourth-order valence-corrected chi connectivity index (χ4v) is 6.47. The standard InChI is InChI=1S/C33H34N2O2/c1-2-24-22-35-19-17-27(24)21-31(35)33(29-16-18-34-30-11-7-6-10-28(29)30)37-32(36)20-23-12-14-26(15-13-23)25-8-4-3-5-9-25/h3-16,18,24,27,31,33H,2,17,19-22H2,1H3. The number of aromatic nitrogens is 1. The van der Waals surface area contributed by atoms with Crippen LogP contribution in [0.3, 0.4) is 0 Å². The van der Waals surface area contributed by atoms with Gasteiger partial charge in [0, 0.05) is 23.7 Å². The van der Waals surface area contributed by atoms with Crippen molar-refractivity contribution >= 4 is 16.9 Å². The van der Waals surface area contributed by atoms with Gasteiger partial charge in [-0.15, -0.1) is 0 Å². The van der Waals surface area contributed by atoms with Crippen LogP contribution in [-0.2, 0) is 16.0 Å². The lowest BCUT2D eigenvalue weighted by Crippen LogP contribution is -2.55. The van der Waals surface area contributed by atoms with E-state index < -0.39 is 0 Å². The zero-order chi connectivity index (χ0) is 25.2. The molecular weight excluding hydrogens is 456 g/mol. The van der Waals surface area contributed by atoms with Gasteiger partial charge in [0.25, 0.3) is 0 Å². The molecule has 4 heteroatoms. The number of carbonyl (C=O) groups is 1. The van der Waals surface area contributed by atoms with Gasteiger partial charge in [-0.1, -0.05) is 86.1 Å². The van der Waals surface area contributed by atoms with E-state index in [0.29, 0.717) is 5.92 Å². The van der Waals surface area contributed by atoms with Crippen LogP contribution in [0.25, 0.3) is 22.0 Å². The number of hydrogen-bond donors (Lipinski definition) is 0. The minimum absolute atomic E-state index is 0.173. The van der Waals surface area contributed by atoms with Gasteiger partial charge in [0.15, 0.2) is 0 Å². The number of esters is 1. The summed E-state index contributed by atoms with van der Waals surface area (Å²) in [6, 6.07) is 29.0. The second-order valence-electron chi connectivity index (χ2n) is 10.6. The average Bonchev–Trinajstić information content (AvgIpc) is 2.96. The highest BCUT2D eigenvalue weighted by atomic mass is 16.5. The van der Waals surface area contributed by atoms with Crippen LogP contribution < -0.4 is 0 Å². The van der Waals surface area contributed by atoms with E-state index in [1.165, 1.54) is 18.4 Å². The lowest BCUT2D eigenvalue weighted by molar-refractivity contribution is -0.157. The first-order valence-corrected chi connectivity index (χ1v) is 13.6. The van der Waals surface area contributed by atoms with Crippen molar-refractivity contribution in [2.75, 3.05) is 13.1 Å². The summed E-state index contributed by atoms with van der Waals surface area (Å²) in [7, 11) is 0. The average molecular weight is 491 g/mol. The molecule has 1 aromatic heterocycles. The minimum Gasteiger partial charge on any atom is -0.456 e.